The van der Waals surface area contributed by atoms with Crippen molar-refractivity contribution in [3.63, 3.8) is 0 Å². The standard InChI is InChI=1S/C13H19BrN2O2/c1-3-10(15)6-9-4-5-12(11(14)7-9)18-8(2)13(16)17/h4-5,7-8,10H,3,6,15H2,1-2H3,(H2,16,17). The normalized spacial score (nSPS) is 14.0. The van der Waals surface area contributed by atoms with Crippen molar-refractivity contribution < 1.29 is 9.53 Å². The third-order valence-electron chi connectivity index (χ3n) is 2.72. The van der Waals surface area contributed by atoms with Crippen LogP contribution in [-0.2, 0) is 11.2 Å². The van der Waals surface area contributed by atoms with E-state index in [0.717, 1.165) is 22.9 Å². The Morgan fingerprint density at radius 3 is 2.67 bits per heavy atom. The van der Waals surface area contributed by atoms with Crippen molar-refractivity contribution in [3.8, 4) is 5.75 Å². The van der Waals surface area contributed by atoms with Crippen LogP contribution in [0.1, 0.15) is 25.8 Å². The Morgan fingerprint density at radius 2 is 2.17 bits per heavy atom. The van der Waals surface area contributed by atoms with E-state index in [2.05, 4.69) is 22.9 Å². The van der Waals surface area contributed by atoms with Crippen molar-refractivity contribution >= 4 is 21.8 Å². The van der Waals surface area contributed by atoms with Crippen molar-refractivity contribution in [1.29, 1.82) is 0 Å². The van der Waals surface area contributed by atoms with Gasteiger partial charge in [0.25, 0.3) is 5.91 Å². The SMILES string of the molecule is CCC(N)Cc1ccc(OC(C)C(N)=O)c(Br)c1. The molecule has 0 spiro atoms. The number of benzene rings is 1. The van der Waals surface area contributed by atoms with Gasteiger partial charge in [-0.3, -0.25) is 4.79 Å². The van der Waals surface area contributed by atoms with Crippen molar-refractivity contribution in [2.75, 3.05) is 0 Å². The van der Waals surface area contributed by atoms with Crippen molar-refractivity contribution in [2.45, 2.75) is 38.8 Å². The van der Waals surface area contributed by atoms with Gasteiger partial charge in [-0.2, -0.15) is 0 Å². The first-order valence-corrected chi connectivity index (χ1v) is 6.73. The van der Waals surface area contributed by atoms with Gasteiger partial charge in [-0.25, -0.2) is 0 Å². The summed E-state index contributed by atoms with van der Waals surface area (Å²) in [6.07, 6.45) is 1.11. The third-order valence-corrected chi connectivity index (χ3v) is 3.34. The van der Waals surface area contributed by atoms with Crippen molar-refractivity contribution in [3.05, 3.63) is 28.2 Å². The molecule has 100 valence electrons. The first-order valence-electron chi connectivity index (χ1n) is 5.94. The lowest BCUT2D eigenvalue weighted by Gasteiger charge is -2.14. The van der Waals surface area contributed by atoms with E-state index in [0.29, 0.717) is 5.75 Å². The second-order valence-corrected chi connectivity index (χ2v) is 5.15. The number of primary amides is 1. The van der Waals surface area contributed by atoms with Crippen LogP contribution in [0.15, 0.2) is 22.7 Å². The van der Waals surface area contributed by atoms with Crippen LogP contribution < -0.4 is 16.2 Å². The molecule has 4 nitrogen and oxygen atoms in total. The number of ether oxygens (including phenoxy) is 1. The summed E-state index contributed by atoms with van der Waals surface area (Å²) in [5.74, 6) is 0.120. The van der Waals surface area contributed by atoms with E-state index in [1.165, 1.54) is 0 Å². The van der Waals surface area contributed by atoms with Crippen molar-refractivity contribution in [1.82, 2.24) is 0 Å². The average Bonchev–Trinajstić information content (AvgIpc) is 2.32. The lowest BCUT2D eigenvalue weighted by molar-refractivity contribution is -0.124. The highest BCUT2D eigenvalue weighted by Crippen LogP contribution is 2.27. The lowest BCUT2D eigenvalue weighted by Crippen LogP contribution is -2.30. The number of carbonyl (C=O) groups is 1. The molecule has 4 N–H and O–H groups in total. The topological polar surface area (TPSA) is 78.3 Å². The summed E-state index contributed by atoms with van der Waals surface area (Å²) >= 11 is 3.42. The van der Waals surface area contributed by atoms with Gasteiger partial charge in [-0.05, 0) is 53.4 Å². The van der Waals surface area contributed by atoms with Crippen LogP contribution in [0.2, 0.25) is 0 Å². The summed E-state index contributed by atoms with van der Waals surface area (Å²) in [6, 6.07) is 5.89. The molecule has 0 aliphatic heterocycles. The fraction of sp³-hybridized carbons (Fsp3) is 0.462. The number of amides is 1. The van der Waals surface area contributed by atoms with E-state index in [4.69, 9.17) is 16.2 Å². The summed E-state index contributed by atoms with van der Waals surface area (Å²) in [5.41, 5.74) is 12.2. The fourth-order valence-corrected chi connectivity index (χ4v) is 1.98. The summed E-state index contributed by atoms with van der Waals surface area (Å²) in [7, 11) is 0. The molecule has 1 amide bonds. The minimum atomic E-state index is -0.648. The molecule has 1 aromatic rings. The second-order valence-electron chi connectivity index (χ2n) is 4.30. The Morgan fingerprint density at radius 1 is 1.50 bits per heavy atom. The molecule has 0 saturated carbocycles. The number of nitrogens with two attached hydrogens (primary N) is 2. The zero-order valence-electron chi connectivity index (χ0n) is 10.7. The van der Waals surface area contributed by atoms with Crippen LogP contribution in [0.4, 0.5) is 0 Å². The molecule has 0 radical (unpaired) electrons. The van der Waals surface area contributed by atoms with Gasteiger partial charge in [0.05, 0.1) is 4.47 Å². The quantitative estimate of drug-likeness (QED) is 0.842. The highest BCUT2D eigenvalue weighted by molar-refractivity contribution is 9.10. The minimum Gasteiger partial charge on any atom is -0.480 e. The smallest absolute Gasteiger partial charge is 0.258 e. The van der Waals surface area contributed by atoms with E-state index in [1.807, 2.05) is 18.2 Å². The summed E-state index contributed by atoms with van der Waals surface area (Å²) in [5, 5.41) is 0. The third kappa shape index (κ3) is 4.31. The Labute approximate surface area is 116 Å². The molecule has 0 aliphatic carbocycles. The van der Waals surface area contributed by atoms with Gasteiger partial charge in [0.1, 0.15) is 5.75 Å². The average molecular weight is 315 g/mol. The molecule has 0 aliphatic rings. The van der Waals surface area contributed by atoms with Gasteiger partial charge in [0.2, 0.25) is 0 Å². The van der Waals surface area contributed by atoms with Gasteiger partial charge in [0, 0.05) is 6.04 Å². The molecule has 1 aromatic carbocycles. The molecule has 2 unspecified atom stereocenters. The number of hydrogen-bond acceptors (Lipinski definition) is 3. The maximum absolute atomic E-state index is 10.9. The molecule has 0 fully saturated rings. The molecule has 0 heterocycles. The largest absolute Gasteiger partial charge is 0.480 e. The van der Waals surface area contributed by atoms with Crippen LogP contribution >= 0.6 is 15.9 Å². The van der Waals surface area contributed by atoms with Gasteiger partial charge in [-0.1, -0.05) is 13.0 Å². The Kier molecular flexibility index (Phi) is 5.62. The lowest BCUT2D eigenvalue weighted by atomic mass is 10.0. The molecular weight excluding hydrogens is 296 g/mol. The van der Waals surface area contributed by atoms with Gasteiger partial charge in [-0.15, -0.1) is 0 Å². The molecule has 0 saturated heterocycles. The van der Waals surface area contributed by atoms with Crippen LogP contribution in [0.3, 0.4) is 0 Å². The molecule has 2 atom stereocenters. The molecule has 18 heavy (non-hydrogen) atoms. The van der Waals surface area contributed by atoms with Crippen LogP contribution in [0.25, 0.3) is 0 Å². The number of rotatable bonds is 6. The van der Waals surface area contributed by atoms with E-state index >= 15 is 0 Å². The predicted molar refractivity (Wildman–Crippen MR) is 75.4 cm³/mol. The monoisotopic (exact) mass is 314 g/mol. The van der Waals surface area contributed by atoms with E-state index < -0.39 is 12.0 Å². The van der Waals surface area contributed by atoms with Crippen LogP contribution in [0, 0.1) is 0 Å². The molecule has 1 rings (SSSR count). The Bertz CT molecular complexity index is 423. The maximum atomic E-state index is 10.9. The number of halogens is 1. The predicted octanol–water partition coefficient (Wildman–Crippen LogP) is 1.98. The molecule has 0 aromatic heterocycles. The van der Waals surface area contributed by atoms with Gasteiger partial charge in [0.15, 0.2) is 6.10 Å². The molecule has 0 bridgehead atoms. The van der Waals surface area contributed by atoms with Gasteiger partial charge >= 0.3 is 0 Å². The summed E-state index contributed by atoms with van der Waals surface area (Å²) in [4.78, 5) is 10.9. The zero-order chi connectivity index (χ0) is 13.7. The van der Waals surface area contributed by atoms with E-state index in [-0.39, 0.29) is 6.04 Å². The second kappa shape index (κ2) is 6.75. The molecule has 5 heteroatoms. The van der Waals surface area contributed by atoms with Gasteiger partial charge < -0.3 is 16.2 Å². The van der Waals surface area contributed by atoms with E-state index in [1.54, 1.807) is 6.92 Å². The summed E-state index contributed by atoms with van der Waals surface area (Å²) < 4.78 is 6.24. The van der Waals surface area contributed by atoms with E-state index in [9.17, 15) is 4.79 Å². The molecular formula is C13H19BrN2O2. The highest BCUT2D eigenvalue weighted by atomic mass is 79.9. The van der Waals surface area contributed by atoms with Crippen LogP contribution in [0.5, 0.6) is 5.75 Å². The summed E-state index contributed by atoms with van der Waals surface area (Å²) in [6.45, 7) is 3.68. The maximum Gasteiger partial charge on any atom is 0.258 e. The highest BCUT2D eigenvalue weighted by Gasteiger charge is 2.13. The Balaban J connectivity index is 2.76. The minimum absolute atomic E-state index is 0.160. The number of hydrogen-bond donors (Lipinski definition) is 2. The van der Waals surface area contributed by atoms with Crippen LogP contribution in [-0.4, -0.2) is 18.1 Å². The first kappa shape index (κ1) is 15.0. The fourth-order valence-electron chi connectivity index (χ4n) is 1.46. The zero-order valence-corrected chi connectivity index (χ0v) is 12.2. The van der Waals surface area contributed by atoms with Crippen molar-refractivity contribution in [2.24, 2.45) is 11.5 Å². The number of carbonyl (C=O) groups excluding carboxylic acids is 1. The Hall–Kier alpha value is -1.07. The first-order chi connectivity index (χ1) is 8.43.